The Morgan fingerprint density at radius 2 is 2.17 bits per heavy atom. The van der Waals surface area contributed by atoms with E-state index in [0.717, 1.165) is 54.2 Å². The molecule has 0 unspecified atom stereocenters. The Bertz CT molecular complexity index is 949. The van der Waals surface area contributed by atoms with Crippen molar-refractivity contribution in [3.63, 3.8) is 0 Å². The third-order valence-corrected chi connectivity index (χ3v) is 7.14. The van der Waals surface area contributed by atoms with Crippen molar-refractivity contribution in [3.8, 4) is 11.5 Å². The fourth-order valence-corrected chi connectivity index (χ4v) is 4.51. The standard InChI is InChI=1S/C21H30N4O3Si/c1-29(2,3)11-10-27-14-25-8-6-17-19(24-15-4-5-16(26)12-15)18(13-23-20(17)25)21-22-7-9-28-21/h6-9,13,15-16,26H,4-5,10-12,14H2,1-3H3,(H,23,24)/t15-,16+/m1/s1. The quantitative estimate of drug-likeness (QED) is 0.421. The fourth-order valence-electron chi connectivity index (χ4n) is 3.75. The molecule has 8 heteroatoms. The highest BCUT2D eigenvalue weighted by molar-refractivity contribution is 6.76. The first-order valence-corrected chi connectivity index (χ1v) is 14.0. The number of pyridine rings is 1. The molecule has 0 amide bonds. The van der Waals surface area contributed by atoms with Gasteiger partial charge in [0.05, 0.1) is 23.6 Å². The molecule has 3 aromatic rings. The molecule has 7 nitrogen and oxygen atoms in total. The van der Waals surface area contributed by atoms with E-state index in [2.05, 4.69) is 41.0 Å². The molecule has 0 radical (unpaired) electrons. The molecule has 0 spiro atoms. The number of rotatable bonds is 8. The van der Waals surface area contributed by atoms with Gasteiger partial charge in [-0.25, -0.2) is 9.97 Å². The van der Waals surface area contributed by atoms with Crippen LogP contribution >= 0.6 is 0 Å². The number of aliphatic hydroxyl groups excluding tert-OH is 1. The minimum absolute atomic E-state index is 0.223. The summed E-state index contributed by atoms with van der Waals surface area (Å²) in [4.78, 5) is 8.99. The van der Waals surface area contributed by atoms with E-state index in [9.17, 15) is 5.11 Å². The van der Waals surface area contributed by atoms with Crippen LogP contribution in [-0.4, -0.2) is 46.5 Å². The van der Waals surface area contributed by atoms with E-state index >= 15 is 0 Å². The number of hydrogen-bond acceptors (Lipinski definition) is 6. The van der Waals surface area contributed by atoms with Crippen LogP contribution < -0.4 is 5.32 Å². The summed E-state index contributed by atoms with van der Waals surface area (Å²) in [7, 11) is -1.10. The van der Waals surface area contributed by atoms with Crippen LogP contribution in [0.1, 0.15) is 19.3 Å². The molecule has 3 aromatic heterocycles. The van der Waals surface area contributed by atoms with E-state index in [0.29, 0.717) is 12.6 Å². The van der Waals surface area contributed by atoms with E-state index in [1.807, 2.05) is 10.8 Å². The highest BCUT2D eigenvalue weighted by Crippen LogP contribution is 2.35. The maximum absolute atomic E-state index is 9.92. The highest BCUT2D eigenvalue weighted by atomic mass is 28.3. The summed E-state index contributed by atoms with van der Waals surface area (Å²) in [6.45, 7) is 8.32. The minimum Gasteiger partial charge on any atom is -0.444 e. The van der Waals surface area contributed by atoms with Crippen molar-refractivity contribution >= 4 is 24.8 Å². The van der Waals surface area contributed by atoms with Gasteiger partial charge in [-0.05, 0) is 31.4 Å². The summed E-state index contributed by atoms with van der Waals surface area (Å²) < 4.78 is 13.5. The summed E-state index contributed by atoms with van der Waals surface area (Å²) in [5.74, 6) is 0.541. The van der Waals surface area contributed by atoms with Crippen molar-refractivity contribution in [1.82, 2.24) is 14.5 Å². The summed E-state index contributed by atoms with van der Waals surface area (Å²) in [6.07, 6.45) is 9.30. The number of ether oxygens (including phenoxy) is 1. The van der Waals surface area contributed by atoms with Crippen LogP contribution in [0.25, 0.3) is 22.5 Å². The van der Waals surface area contributed by atoms with E-state index in [-0.39, 0.29) is 12.1 Å². The molecule has 1 saturated carbocycles. The molecule has 156 valence electrons. The average Bonchev–Trinajstić information content (AvgIpc) is 3.40. The second-order valence-corrected chi connectivity index (χ2v) is 14.7. The van der Waals surface area contributed by atoms with Crippen molar-refractivity contribution in [3.05, 3.63) is 30.9 Å². The van der Waals surface area contributed by atoms with E-state index in [1.165, 1.54) is 0 Å². The number of anilines is 1. The molecule has 3 heterocycles. The molecule has 0 aromatic carbocycles. The second kappa shape index (κ2) is 8.29. The maximum atomic E-state index is 9.92. The molecule has 1 aliphatic rings. The number of hydrogen-bond donors (Lipinski definition) is 2. The van der Waals surface area contributed by atoms with Crippen molar-refractivity contribution in [2.24, 2.45) is 0 Å². The molecule has 1 fully saturated rings. The first-order valence-electron chi connectivity index (χ1n) is 10.3. The van der Waals surface area contributed by atoms with Gasteiger partial charge in [0.15, 0.2) is 0 Å². The lowest BCUT2D eigenvalue weighted by Gasteiger charge is -2.18. The van der Waals surface area contributed by atoms with Gasteiger partial charge in [-0.1, -0.05) is 19.6 Å². The van der Waals surface area contributed by atoms with Crippen molar-refractivity contribution in [2.75, 3.05) is 11.9 Å². The van der Waals surface area contributed by atoms with Crippen molar-refractivity contribution < 1.29 is 14.3 Å². The van der Waals surface area contributed by atoms with Crippen molar-refractivity contribution in [1.29, 1.82) is 0 Å². The number of aliphatic hydroxyl groups is 1. The van der Waals surface area contributed by atoms with Crippen LogP contribution in [0.4, 0.5) is 5.69 Å². The lowest BCUT2D eigenvalue weighted by atomic mass is 10.1. The Morgan fingerprint density at radius 3 is 2.86 bits per heavy atom. The van der Waals surface area contributed by atoms with Crippen molar-refractivity contribution in [2.45, 2.75) is 63.8 Å². The van der Waals surface area contributed by atoms with Crippen LogP contribution in [0, 0.1) is 0 Å². The normalized spacial score (nSPS) is 19.9. The number of fused-ring (bicyclic) bond motifs is 1. The number of oxazole rings is 1. The van der Waals surface area contributed by atoms with Crippen LogP contribution in [0.3, 0.4) is 0 Å². The van der Waals surface area contributed by atoms with Crippen LogP contribution in [0.2, 0.25) is 25.7 Å². The lowest BCUT2D eigenvalue weighted by molar-refractivity contribution is 0.0899. The molecule has 29 heavy (non-hydrogen) atoms. The van der Waals surface area contributed by atoms with Gasteiger partial charge >= 0.3 is 0 Å². The molecule has 1 aliphatic carbocycles. The number of aromatic nitrogens is 3. The topological polar surface area (TPSA) is 85.3 Å². The van der Waals surface area contributed by atoms with Gasteiger partial charge in [-0.2, -0.15) is 0 Å². The SMILES string of the molecule is C[Si](C)(C)CCOCn1ccc2c(N[C@@H]3CC[C@H](O)C3)c(-c3ncco3)cnc21. The first-order chi connectivity index (χ1) is 13.9. The maximum Gasteiger partial charge on any atom is 0.229 e. The zero-order valence-corrected chi connectivity index (χ0v) is 18.4. The monoisotopic (exact) mass is 414 g/mol. The Morgan fingerprint density at radius 1 is 1.31 bits per heavy atom. The third-order valence-electron chi connectivity index (χ3n) is 5.43. The number of nitrogens with one attached hydrogen (secondary N) is 1. The molecule has 2 N–H and O–H groups in total. The zero-order chi connectivity index (χ0) is 20.4. The van der Waals surface area contributed by atoms with E-state index in [1.54, 1.807) is 18.7 Å². The van der Waals surface area contributed by atoms with E-state index < -0.39 is 8.07 Å². The second-order valence-electron chi connectivity index (χ2n) is 9.06. The molecular formula is C21H30N4O3Si. The molecule has 4 rings (SSSR count). The van der Waals surface area contributed by atoms with Gasteiger partial charge in [0, 0.05) is 38.5 Å². The number of nitrogens with zero attached hydrogens (tertiary/aromatic N) is 3. The molecular weight excluding hydrogens is 384 g/mol. The van der Waals surface area contributed by atoms with E-state index in [4.69, 9.17) is 9.15 Å². The summed E-state index contributed by atoms with van der Waals surface area (Å²) in [6, 6.07) is 3.43. The molecule has 0 aliphatic heterocycles. The Hall–Kier alpha value is -2.16. The van der Waals surface area contributed by atoms with Gasteiger partial charge in [0.2, 0.25) is 5.89 Å². The van der Waals surface area contributed by atoms with Gasteiger partial charge in [0.1, 0.15) is 18.6 Å². The lowest BCUT2D eigenvalue weighted by Crippen LogP contribution is -2.22. The fraction of sp³-hybridized carbons (Fsp3) is 0.524. The first kappa shape index (κ1) is 20.1. The average molecular weight is 415 g/mol. The molecule has 0 saturated heterocycles. The van der Waals surface area contributed by atoms with Crippen LogP contribution in [-0.2, 0) is 11.5 Å². The Balaban J connectivity index is 1.60. The predicted octanol–water partition coefficient (Wildman–Crippen LogP) is 4.33. The van der Waals surface area contributed by atoms with Gasteiger partial charge < -0.3 is 24.1 Å². The minimum atomic E-state index is -1.10. The largest absolute Gasteiger partial charge is 0.444 e. The summed E-state index contributed by atoms with van der Waals surface area (Å²) in [5.41, 5.74) is 2.66. The zero-order valence-electron chi connectivity index (χ0n) is 17.4. The van der Waals surface area contributed by atoms with Crippen LogP contribution in [0.5, 0.6) is 0 Å². The third kappa shape index (κ3) is 4.71. The van der Waals surface area contributed by atoms with Gasteiger partial charge in [0.25, 0.3) is 0 Å². The molecule has 2 atom stereocenters. The van der Waals surface area contributed by atoms with Gasteiger partial charge in [-0.3, -0.25) is 0 Å². The van der Waals surface area contributed by atoms with Gasteiger partial charge in [-0.15, -0.1) is 0 Å². The predicted molar refractivity (Wildman–Crippen MR) is 117 cm³/mol. The Kier molecular flexibility index (Phi) is 5.76. The Labute approximate surface area is 172 Å². The smallest absolute Gasteiger partial charge is 0.229 e. The molecule has 0 bridgehead atoms. The summed E-state index contributed by atoms with van der Waals surface area (Å²) >= 11 is 0. The van der Waals surface area contributed by atoms with Crippen LogP contribution in [0.15, 0.2) is 35.3 Å². The highest BCUT2D eigenvalue weighted by Gasteiger charge is 2.25. The summed E-state index contributed by atoms with van der Waals surface area (Å²) in [5, 5.41) is 14.6.